The Balaban J connectivity index is 1.70. The van der Waals surface area contributed by atoms with E-state index in [1.54, 1.807) is 0 Å². The quantitative estimate of drug-likeness (QED) is 0.228. The van der Waals surface area contributed by atoms with Crippen LogP contribution in [0.5, 0.6) is 0 Å². The van der Waals surface area contributed by atoms with Crippen molar-refractivity contribution in [3.8, 4) is 11.3 Å². The predicted octanol–water partition coefficient (Wildman–Crippen LogP) is 10.7. The highest BCUT2D eigenvalue weighted by Crippen LogP contribution is 2.41. The molecule has 0 spiro atoms. The summed E-state index contributed by atoms with van der Waals surface area (Å²) in [5.41, 5.74) is 6.46. The van der Waals surface area contributed by atoms with Gasteiger partial charge in [0.25, 0.3) is 0 Å². The Morgan fingerprint density at radius 3 is 1.86 bits per heavy atom. The summed E-state index contributed by atoms with van der Waals surface area (Å²) in [6.45, 7) is 13.7. The van der Waals surface area contributed by atoms with Gasteiger partial charge in [0, 0.05) is 17.1 Å². The summed E-state index contributed by atoms with van der Waals surface area (Å²) in [6.07, 6.45) is 1.99. The monoisotopic (exact) mass is 481 g/mol. The van der Waals surface area contributed by atoms with Gasteiger partial charge in [0.15, 0.2) is 0 Å². The molecule has 1 heteroatoms. The molecule has 0 aliphatic carbocycles. The van der Waals surface area contributed by atoms with Gasteiger partial charge in [-0.3, -0.25) is 4.98 Å². The molecule has 0 aliphatic rings. The van der Waals surface area contributed by atoms with E-state index in [-0.39, 0.29) is 0 Å². The minimum absolute atomic E-state index is 0.422. The third-order valence-electron chi connectivity index (χ3n) is 8.00. The molecule has 1 aromatic heterocycles. The molecule has 1 heterocycles. The summed E-state index contributed by atoms with van der Waals surface area (Å²) in [5.74, 6) is 1.37. The SMILES string of the molecule is CC(C)c1cc(-c2nccc3c2ccc2c3cc(C(C)C)c3c4ccccc4ccc23)cc(C(C)C)c1. The standard InChI is InChI=1S/C36H35N/c1-21(2)25-17-26(22(3)4)19-27(18-25)36-32-14-13-29-31-12-11-24-9-7-8-10-28(24)35(31)33(23(5)6)20-34(29)30(32)15-16-37-36/h7-23H,1-6H3. The molecule has 0 amide bonds. The van der Waals surface area contributed by atoms with E-state index in [9.17, 15) is 0 Å². The van der Waals surface area contributed by atoms with Crippen molar-refractivity contribution < 1.29 is 0 Å². The van der Waals surface area contributed by atoms with Crippen molar-refractivity contribution in [2.45, 2.75) is 59.3 Å². The largest absolute Gasteiger partial charge is 0.256 e. The van der Waals surface area contributed by atoms with Crippen LogP contribution in [0, 0.1) is 0 Å². The normalized spacial score (nSPS) is 12.2. The number of benzene rings is 5. The van der Waals surface area contributed by atoms with Crippen molar-refractivity contribution in [3.05, 3.63) is 102 Å². The fraction of sp³-hybridized carbons (Fsp3) is 0.250. The first kappa shape index (κ1) is 23.7. The summed E-state index contributed by atoms with van der Waals surface area (Å²) in [6, 6.07) is 29.7. The van der Waals surface area contributed by atoms with Crippen LogP contribution in [0.2, 0.25) is 0 Å². The van der Waals surface area contributed by atoms with Gasteiger partial charge in [0.05, 0.1) is 5.69 Å². The van der Waals surface area contributed by atoms with Crippen LogP contribution < -0.4 is 0 Å². The van der Waals surface area contributed by atoms with Crippen LogP contribution in [0.1, 0.15) is 76.0 Å². The van der Waals surface area contributed by atoms with Crippen LogP contribution in [0.15, 0.2) is 85.1 Å². The van der Waals surface area contributed by atoms with E-state index in [2.05, 4.69) is 120 Å². The summed E-state index contributed by atoms with van der Waals surface area (Å²) in [7, 11) is 0. The summed E-state index contributed by atoms with van der Waals surface area (Å²) < 4.78 is 0. The first-order chi connectivity index (χ1) is 17.8. The zero-order valence-corrected chi connectivity index (χ0v) is 22.8. The Kier molecular flexibility index (Phi) is 5.75. The second-order valence-corrected chi connectivity index (χ2v) is 11.4. The molecular formula is C36H35N. The van der Waals surface area contributed by atoms with Crippen LogP contribution in [0.25, 0.3) is 54.3 Å². The number of fused-ring (bicyclic) bond motifs is 7. The van der Waals surface area contributed by atoms with Gasteiger partial charge in [-0.25, -0.2) is 0 Å². The van der Waals surface area contributed by atoms with Gasteiger partial charge in [0.2, 0.25) is 0 Å². The summed E-state index contributed by atoms with van der Waals surface area (Å²) in [4.78, 5) is 4.95. The molecular weight excluding hydrogens is 446 g/mol. The Morgan fingerprint density at radius 1 is 0.514 bits per heavy atom. The second kappa shape index (κ2) is 8.99. The molecule has 6 rings (SSSR count). The van der Waals surface area contributed by atoms with Crippen molar-refractivity contribution in [2.24, 2.45) is 0 Å². The van der Waals surface area contributed by atoms with E-state index in [0.717, 1.165) is 5.69 Å². The minimum Gasteiger partial charge on any atom is -0.256 e. The van der Waals surface area contributed by atoms with E-state index < -0.39 is 0 Å². The lowest BCUT2D eigenvalue weighted by Gasteiger charge is -2.18. The fourth-order valence-electron chi connectivity index (χ4n) is 5.87. The molecule has 0 N–H and O–H groups in total. The molecule has 0 saturated heterocycles. The summed E-state index contributed by atoms with van der Waals surface area (Å²) >= 11 is 0. The van der Waals surface area contributed by atoms with Gasteiger partial charge < -0.3 is 0 Å². The Bertz CT molecular complexity index is 1780. The van der Waals surface area contributed by atoms with E-state index in [0.29, 0.717) is 17.8 Å². The first-order valence-electron chi connectivity index (χ1n) is 13.6. The van der Waals surface area contributed by atoms with Crippen LogP contribution in [-0.2, 0) is 0 Å². The fourth-order valence-corrected chi connectivity index (χ4v) is 5.87. The highest BCUT2D eigenvalue weighted by atomic mass is 14.7. The molecule has 0 saturated carbocycles. The van der Waals surface area contributed by atoms with Gasteiger partial charge in [-0.15, -0.1) is 0 Å². The van der Waals surface area contributed by atoms with Crippen LogP contribution in [0.4, 0.5) is 0 Å². The van der Waals surface area contributed by atoms with Crippen molar-refractivity contribution >= 4 is 43.1 Å². The molecule has 6 aromatic rings. The van der Waals surface area contributed by atoms with Crippen molar-refractivity contribution in [2.75, 3.05) is 0 Å². The average Bonchev–Trinajstić information content (AvgIpc) is 2.91. The molecule has 0 radical (unpaired) electrons. The smallest absolute Gasteiger partial charge is 0.0780 e. The number of hydrogen-bond donors (Lipinski definition) is 0. The predicted molar refractivity (Wildman–Crippen MR) is 162 cm³/mol. The van der Waals surface area contributed by atoms with Gasteiger partial charge in [-0.2, -0.15) is 0 Å². The van der Waals surface area contributed by atoms with E-state index in [1.165, 1.54) is 65.3 Å². The van der Waals surface area contributed by atoms with Crippen molar-refractivity contribution in [3.63, 3.8) is 0 Å². The van der Waals surface area contributed by atoms with E-state index in [1.807, 2.05) is 6.20 Å². The zero-order valence-electron chi connectivity index (χ0n) is 22.8. The lowest BCUT2D eigenvalue weighted by molar-refractivity contribution is 0.834. The number of aromatic nitrogens is 1. The van der Waals surface area contributed by atoms with Gasteiger partial charge in [0.1, 0.15) is 0 Å². The third-order valence-corrected chi connectivity index (χ3v) is 8.00. The Hall–Kier alpha value is -3.71. The lowest BCUT2D eigenvalue weighted by atomic mass is 9.86. The number of pyridine rings is 1. The highest BCUT2D eigenvalue weighted by molar-refractivity contribution is 6.24. The molecule has 0 bridgehead atoms. The number of hydrogen-bond acceptors (Lipinski definition) is 1. The molecule has 5 aromatic carbocycles. The molecule has 1 nitrogen and oxygen atoms in total. The zero-order chi connectivity index (χ0) is 25.8. The highest BCUT2D eigenvalue weighted by Gasteiger charge is 2.17. The molecule has 0 atom stereocenters. The lowest BCUT2D eigenvalue weighted by Crippen LogP contribution is -1.97. The maximum atomic E-state index is 4.95. The van der Waals surface area contributed by atoms with E-state index >= 15 is 0 Å². The second-order valence-electron chi connectivity index (χ2n) is 11.4. The van der Waals surface area contributed by atoms with Crippen LogP contribution in [0.3, 0.4) is 0 Å². The minimum atomic E-state index is 0.422. The Morgan fingerprint density at radius 2 is 1.16 bits per heavy atom. The maximum absolute atomic E-state index is 4.95. The third kappa shape index (κ3) is 3.89. The van der Waals surface area contributed by atoms with Gasteiger partial charge in [-0.05, 0) is 96.4 Å². The van der Waals surface area contributed by atoms with Crippen LogP contribution in [-0.4, -0.2) is 4.98 Å². The number of nitrogens with zero attached hydrogens (tertiary/aromatic N) is 1. The first-order valence-corrected chi connectivity index (χ1v) is 13.6. The average molecular weight is 482 g/mol. The molecule has 184 valence electrons. The topological polar surface area (TPSA) is 12.9 Å². The molecule has 37 heavy (non-hydrogen) atoms. The van der Waals surface area contributed by atoms with Gasteiger partial charge in [-0.1, -0.05) is 96.1 Å². The van der Waals surface area contributed by atoms with Crippen molar-refractivity contribution in [1.29, 1.82) is 0 Å². The summed E-state index contributed by atoms with van der Waals surface area (Å²) in [5, 5.41) is 10.5. The molecule has 0 fully saturated rings. The molecule has 0 aliphatic heterocycles. The van der Waals surface area contributed by atoms with Gasteiger partial charge >= 0.3 is 0 Å². The number of rotatable bonds is 4. The van der Waals surface area contributed by atoms with Crippen LogP contribution >= 0.6 is 0 Å². The Labute approximate surface area is 220 Å². The van der Waals surface area contributed by atoms with Crippen molar-refractivity contribution in [1.82, 2.24) is 4.98 Å². The molecule has 0 unspecified atom stereocenters. The van der Waals surface area contributed by atoms with E-state index in [4.69, 9.17) is 4.98 Å². The maximum Gasteiger partial charge on any atom is 0.0780 e.